The van der Waals surface area contributed by atoms with Crippen LogP contribution in [0, 0.1) is 10.6 Å². The van der Waals surface area contributed by atoms with Crippen LogP contribution in [-0.4, -0.2) is 9.97 Å². The van der Waals surface area contributed by atoms with Crippen LogP contribution in [0.5, 0.6) is 0 Å². The third-order valence-corrected chi connectivity index (χ3v) is 1.74. The lowest BCUT2D eigenvalue weighted by Gasteiger charge is -1.97. The summed E-state index contributed by atoms with van der Waals surface area (Å²) in [6, 6.07) is 3.32. The van der Waals surface area contributed by atoms with E-state index in [0.29, 0.717) is 5.76 Å². The molecule has 0 aliphatic heterocycles. The van der Waals surface area contributed by atoms with E-state index in [2.05, 4.69) is 9.97 Å². The summed E-state index contributed by atoms with van der Waals surface area (Å²) in [7, 11) is 0. The lowest BCUT2D eigenvalue weighted by Crippen LogP contribution is -1.90. The fourth-order valence-corrected chi connectivity index (χ4v) is 1.13. The highest BCUT2D eigenvalue weighted by atomic mass is 32.1. The van der Waals surface area contributed by atoms with E-state index in [-0.39, 0.29) is 10.5 Å². The molecule has 0 saturated heterocycles. The molecule has 0 aromatic carbocycles. The highest BCUT2D eigenvalue weighted by Gasteiger charge is 2.07. The van der Waals surface area contributed by atoms with Gasteiger partial charge < -0.3 is 9.40 Å². The Hall–Kier alpha value is -1.49. The summed E-state index contributed by atoms with van der Waals surface area (Å²) < 4.78 is 18.4. The van der Waals surface area contributed by atoms with Gasteiger partial charge >= 0.3 is 0 Å². The molecule has 0 atom stereocenters. The normalized spacial score (nSPS) is 10.2. The SMILES string of the molecule is Fc1cnc(=S)[nH]c1-c1ccco1. The van der Waals surface area contributed by atoms with Crippen molar-refractivity contribution >= 4 is 12.2 Å². The number of H-pyrrole nitrogens is 1. The fraction of sp³-hybridized carbons (Fsp3) is 0. The maximum absolute atomic E-state index is 13.1. The molecule has 0 bridgehead atoms. The van der Waals surface area contributed by atoms with Crippen LogP contribution in [0.1, 0.15) is 0 Å². The predicted octanol–water partition coefficient (Wildman–Crippen LogP) is 2.54. The van der Waals surface area contributed by atoms with Gasteiger partial charge in [0.2, 0.25) is 0 Å². The number of furan rings is 1. The number of aromatic nitrogens is 2. The van der Waals surface area contributed by atoms with Gasteiger partial charge in [-0.3, -0.25) is 0 Å². The summed E-state index contributed by atoms with van der Waals surface area (Å²) in [5.74, 6) is -0.0745. The molecule has 0 aliphatic carbocycles. The van der Waals surface area contributed by atoms with Gasteiger partial charge in [-0.25, -0.2) is 9.37 Å². The van der Waals surface area contributed by atoms with E-state index in [0.717, 1.165) is 6.20 Å². The van der Waals surface area contributed by atoms with E-state index < -0.39 is 5.82 Å². The lowest BCUT2D eigenvalue weighted by molar-refractivity contribution is 0.561. The van der Waals surface area contributed by atoms with Crippen molar-refractivity contribution in [2.24, 2.45) is 0 Å². The summed E-state index contributed by atoms with van der Waals surface area (Å²) in [5.41, 5.74) is 0.227. The first kappa shape index (κ1) is 8.12. The van der Waals surface area contributed by atoms with Crippen molar-refractivity contribution in [3.8, 4) is 11.5 Å². The highest BCUT2D eigenvalue weighted by molar-refractivity contribution is 7.71. The predicted molar refractivity (Wildman–Crippen MR) is 47.1 cm³/mol. The molecule has 2 aromatic rings. The van der Waals surface area contributed by atoms with Crippen LogP contribution in [0.25, 0.3) is 11.5 Å². The van der Waals surface area contributed by atoms with Gasteiger partial charge in [0.25, 0.3) is 0 Å². The molecule has 0 spiro atoms. The first-order chi connectivity index (χ1) is 6.27. The Kier molecular flexibility index (Phi) is 1.94. The molecule has 2 heterocycles. The number of nitrogens with zero attached hydrogens (tertiary/aromatic N) is 1. The van der Waals surface area contributed by atoms with E-state index in [1.165, 1.54) is 6.26 Å². The highest BCUT2D eigenvalue weighted by Crippen LogP contribution is 2.19. The summed E-state index contributed by atoms with van der Waals surface area (Å²) in [6.07, 6.45) is 2.53. The van der Waals surface area contributed by atoms with Crippen LogP contribution < -0.4 is 0 Å². The Morgan fingerprint density at radius 1 is 1.54 bits per heavy atom. The molecule has 0 amide bonds. The van der Waals surface area contributed by atoms with Crippen molar-refractivity contribution in [2.75, 3.05) is 0 Å². The van der Waals surface area contributed by atoms with E-state index in [1.54, 1.807) is 12.1 Å². The van der Waals surface area contributed by atoms with Crippen molar-refractivity contribution in [1.29, 1.82) is 0 Å². The second kappa shape index (κ2) is 3.10. The summed E-state index contributed by atoms with van der Waals surface area (Å²) >= 11 is 4.76. The van der Waals surface area contributed by atoms with Gasteiger partial charge in [0.05, 0.1) is 12.5 Å². The first-order valence-electron chi connectivity index (χ1n) is 3.56. The fourth-order valence-electron chi connectivity index (χ4n) is 0.979. The van der Waals surface area contributed by atoms with Gasteiger partial charge in [-0.05, 0) is 24.4 Å². The lowest BCUT2D eigenvalue weighted by atomic mass is 10.3. The molecular formula is C8H5FN2OS. The number of aromatic amines is 1. The van der Waals surface area contributed by atoms with Gasteiger partial charge in [-0.2, -0.15) is 0 Å². The number of halogens is 1. The number of hydrogen-bond donors (Lipinski definition) is 1. The van der Waals surface area contributed by atoms with Crippen molar-refractivity contribution in [1.82, 2.24) is 9.97 Å². The standard InChI is InChI=1S/C8H5FN2OS/c9-5-4-10-8(13)11-7(5)6-2-1-3-12-6/h1-4H,(H,10,11,13). The molecule has 2 rings (SSSR count). The van der Waals surface area contributed by atoms with Crippen LogP contribution in [0.2, 0.25) is 0 Å². The Morgan fingerprint density at radius 3 is 3.08 bits per heavy atom. The summed E-state index contributed by atoms with van der Waals surface area (Å²) in [5, 5.41) is 0. The zero-order chi connectivity index (χ0) is 9.26. The zero-order valence-corrected chi connectivity index (χ0v) is 7.27. The van der Waals surface area contributed by atoms with E-state index >= 15 is 0 Å². The topological polar surface area (TPSA) is 41.8 Å². The number of rotatable bonds is 1. The van der Waals surface area contributed by atoms with Crippen LogP contribution in [-0.2, 0) is 0 Å². The van der Waals surface area contributed by atoms with Crippen molar-refractivity contribution in [3.63, 3.8) is 0 Å². The van der Waals surface area contributed by atoms with E-state index in [9.17, 15) is 4.39 Å². The average molecular weight is 196 g/mol. The molecule has 0 aliphatic rings. The zero-order valence-electron chi connectivity index (χ0n) is 6.45. The van der Waals surface area contributed by atoms with Crippen LogP contribution in [0.3, 0.4) is 0 Å². The summed E-state index contributed by atoms with van der Waals surface area (Å²) in [6.45, 7) is 0. The minimum Gasteiger partial charge on any atom is -0.463 e. The third-order valence-electron chi connectivity index (χ3n) is 1.53. The second-order valence-corrected chi connectivity index (χ2v) is 2.78. The number of hydrogen-bond acceptors (Lipinski definition) is 3. The first-order valence-corrected chi connectivity index (χ1v) is 3.97. The molecule has 13 heavy (non-hydrogen) atoms. The maximum Gasteiger partial charge on any atom is 0.197 e. The molecule has 66 valence electrons. The maximum atomic E-state index is 13.1. The molecular weight excluding hydrogens is 191 g/mol. The molecule has 0 fully saturated rings. The van der Waals surface area contributed by atoms with Crippen molar-refractivity contribution in [3.05, 3.63) is 35.2 Å². The minimum atomic E-state index is -0.483. The largest absolute Gasteiger partial charge is 0.463 e. The Labute approximate surface area is 78.2 Å². The third kappa shape index (κ3) is 1.50. The van der Waals surface area contributed by atoms with Gasteiger partial charge in [0.15, 0.2) is 16.3 Å². The average Bonchev–Trinajstić information content (AvgIpc) is 2.61. The van der Waals surface area contributed by atoms with E-state index in [1.807, 2.05) is 0 Å². The molecule has 5 heteroatoms. The minimum absolute atomic E-state index is 0.227. The Balaban J connectivity index is 2.64. The quantitative estimate of drug-likeness (QED) is 0.712. The molecule has 2 aromatic heterocycles. The Bertz CT molecular complexity index is 463. The van der Waals surface area contributed by atoms with Crippen LogP contribution >= 0.6 is 12.2 Å². The molecule has 1 N–H and O–H groups in total. The smallest absolute Gasteiger partial charge is 0.197 e. The second-order valence-electron chi connectivity index (χ2n) is 2.39. The van der Waals surface area contributed by atoms with Gasteiger partial charge in [-0.15, -0.1) is 0 Å². The summed E-state index contributed by atoms with van der Waals surface area (Å²) in [4.78, 5) is 6.20. The van der Waals surface area contributed by atoms with Crippen molar-refractivity contribution < 1.29 is 8.81 Å². The molecule has 0 radical (unpaired) electrons. The van der Waals surface area contributed by atoms with Crippen LogP contribution in [0.15, 0.2) is 29.0 Å². The molecule has 0 unspecified atom stereocenters. The van der Waals surface area contributed by atoms with Gasteiger partial charge in [0, 0.05) is 0 Å². The van der Waals surface area contributed by atoms with E-state index in [4.69, 9.17) is 16.6 Å². The monoisotopic (exact) mass is 196 g/mol. The van der Waals surface area contributed by atoms with Crippen molar-refractivity contribution in [2.45, 2.75) is 0 Å². The molecule has 3 nitrogen and oxygen atoms in total. The van der Waals surface area contributed by atoms with Crippen LogP contribution in [0.4, 0.5) is 4.39 Å². The van der Waals surface area contributed by atoms with Gasteiger partial charge in [-0.1, -0.05) is 0 Å². The Morgan fingerprint density at radius 2 is 2.38 bits per heavy atom. The van der Waals surface area contributed by atoms with Gasteiger partial charge in [0.1, 0.15) is 5.69 Å². The number of nitrogens with one attached hydrogen (secondary N) is 1. The molecule has 0 saturated carbocycles.